The van der Waals surface area contributed by atoms with Crippen molar-refractivity contribution >= 4 is 45.6 Å². The van der Waals surface area contributed by atoms with E-state index in [1.54, 1.807) is 0 Å². The van der Waals surface area contributed by atoms with Crippen LogP contribution in [0.2, 0.25) is 0 Å². The summed E-state index contributed by atoms with van der Waals surface area (Å²) in [6.45, 7) is 13.8. The molecule has 8 aromatic rings. The molecule has 0 amide bonds. The first-order chi connectivity index (χ1) is 26.2. The highest BCUT2D eigenvalue weighted by atomic mass is 16.5. The van der Waals surface area contributed by atoms with Crippen molar-refractivity contribution in [2.24, 2.45) is 0 Å². The number of pyridine rings is 1. The molecule has 0 radical (unpaired) electrons. The third-order valence-electron chi connectivity index (χ3n) is 11.6. The van der Waals surface area contributed by atoms with Crippen molar-refractivity contribution in [3.05, 3.63) is 156 Å². The molecule has 0 aliphatic carbocycles. The van der Waals surface area contributed by atoms with E-state index in [4.69, 9.17) is 14.7 Å². The maximum absolute atomic E-state index is 6.80. The predicted molar refractivity (Wildman–Crippen MR) is 222 cm³/mol. The smallest absolute Gasteiger partial charge is 0.422 e. The SMILES string of the molecule is CC(C)c1cccc(C(C)C)c1N1B2c3ccccc3C(C)(C)c3cnc(n32)-c2cc(Oc3ccc4c5ccccc5n(-c5ccccn5)c4c3)ccc21. The Morgan fingerprint density at radius 3 is 2.15 bits per heavy atom. The van der Waals surface area contributed by atoms with Gasteiger partial charge in [0.25, 0.3) is 0 Å². The van der Waals surface area contributed by atoms with Crippen LogP contribution in [0.4, 0.5) is 11.4 Å². The Bertz CT molecular complexity index is 2730. The Hall–Kier alpha value is -6.08. The summed E-state index contributed by atoms with van der Waals surface area (Å²) < 4.78 is 11.5. The number of ether oxygens (including phenoxy) is 1. The van der Waals surface area contributed by atoms with Crippen LogP contribution in [-0.2, 0) is 5.41 Å². The highest BCUT2D eigenvalue weighted by molar-refractivity contribution is 6.78. The van der Waals surface area contributed by atoms with E-state index in [0.29, 0.717) is 11.8 Å². The van der Waals surface area contributed by atoms with E-state index >= 15 is 0 Å². The normalized spacial score (nSPS) is 14.1. The first-order valence-electron chi connectivity index (χ1n) is 19.1. The van der Waals surface area contributed by atoms with Crippen molar-refractivity contribution < 1.29 is 4.74 Å². The number of benzene rings is 5. The summed E-state index contributed by atoms with van der Waals surface area (Å²) in [7, 11) is 0. The lowest BCUT2D eigenvalue weighted by molar-refractivity contribution is 0.483. The van der Waals surface area contributed by atoms with E-state index in [1.807, 2.05) is 18.3 Å². The Labute approximate surface area is 316 Å². The minimum absolute atomic E-state index is 0.0886. The summed E-state index contributed by atoms with van der Waals surface area (Å²) >= 11 is 0. The second-order valence-corrected chi connectivity index (χ2v) is 15.9. The van der Waals surface area contributed by atoms with Crippen molar-refractivity contribution in [3.63, 3.8) is 0 Å². The molecule has 0 bridgehead atoms. The maximum Gasteiger partial charge on any atom is 0.422 e. The molecular formula is C47H42BN5O. The molecule has 0 spiro atoms. The maximum atomic E-state index is 6.80. The largest absolute Gasteiger partial charge is 0.457 e. The van der Waals surface area contributed by atoms with Crippen LogP contribution >= 0.6 is 0 Å². The van der Waals surface area contributed by atoms with E-state index in [-0.39, 0.29) is 12.4 Å². The summed E-state index contributed by atoms with van der Waals surface area (Å²) in [6, 6.07) is 43.3. The molecule has 5 heterocycles. The van der Waals surface area contributed by atoms with Gasteiger partial charge in [0.1, 0.15) is 23.1 Å². The van der Waals surface area contributed by atoms with Crippen molar-refractivity contribution in [3.8, 4) is 28.7 Å². The number of para-hydroxylation sites is 2. The Balaban J connectivity index is 1.17. The van der Waals surface area contributed by atoms with Crippen LogP contribution in [0, 0.1) is 0 Å². The average molecular weight is 704 g/mol. The van der Waals surface area contributed by atoms with Gasteiger partial charge in [0.15, 0.2) is 0 Å². The van der Waals surface area contributed by atoms with Crippen molar-refractivity contribution in [2.45, 2.75) is 58.8 Å². The number of hydrogen-bond donors (Lipinski definition) is 0. The minimum Gasteiger partial charge on any atom is -0.457 e. The fraction of sp³-hybridized carbons (Fsp3) is 0.191. The fourth-order valence-electron chi connectivity index (χ4n) is 9.11. The molecule has 0 unspecified atom stereocenters. The standard InChI is InChI=1S/C47H42BN5O/c1-29(2)33-15-13-16-34(30(3)4)45(33)52-41-24-22-31(26-37(41)46-50-28-43-47(5,6)38-17-8-9-18-39(38)48(52)53(43)46)54-32-21-23-36-35-14-7-10-19-40(35)51(42(36)27-32)44-20-11-12-25-49-44/h7-30H,1-6H3. The molecule has 0 N–H and O–H groups in total. The Morgan fingerprint density at radius 1 is 0.667 bits per heavy atom. The van der Waals surface area contributed by atoms with Gasteiger partial charge in [0.05, 0.1) is 11.0 Å². The number of rotatable bonds is 6. The zero-order valence-electron chi connectivity index (χ0n) is 31.6. The highest BCUT2D eigenvalue weighted by Gasteiger charge is 2.49. The van der Waals surface area contributed by atoms with E-state index in [9.17, 15) is 0 Å². The van der Waals surface area contributed by atoms with Crippen LogP contribution in [0.15, 0.2) is 134 Å². The Kier molecular flexibility index (Phi) is 7.22. The fourth-order valence-corrected chi connectivity index (χ4v) is 9.11. The number of anilines is 2. The first-order valence-corrected chi connectivity index (χ1v) is 19.1. The number of aromatic nitrogens is 4. The minimum atomic E-state index is -0.227. The quantitative estimate of drug-likeness (QED) is 0.162. The van der Waals surface area contributed by atoms with E-state index in [1.165, 1.54) is 38.9 Å². The summed E-state index contributed by atoms with van der Waals surface area (Å²) in [4.78, 5) is 12.5. The molecule has 7 heteroatoms. The summed E-state index contributed by atoms with van der Waals surface area (Å²) in [5.74, 6) is 4.04. The number of imidazole rings is 1. The van der Waals surface area contributed by atoms with E-state index in [0.717, 1.165) is 50.8 Å². The van der Waals surface area contributed by atoms with Gasteiger partial charge >= 0.3 is 6.98 Å². The van der Waals surface area contributed by atoms with Crippen LogP contribution in [-0.4, -0.2) is 26.0 Å². The molecule has 0 atom stereocenters. The van der Waals surface area contributed by atoms with Crippen molar-refractivity contribution in [1.29, 1.82) is 0 Å². The second-order valence-electron chi connectivity index (χ2n) is 15.9. The van der Waals surface area contributed by atoms with Gasteiger partial charge in [-0.05, 0) is 82.5 Å². The third kappa shape index (κ3) is 4.67. The van der Waals surface area contributed by atoms with Crippen LogP contribution in [0.1, 0.15) is 75.8 Å². The van der Waals surface area contributed by atoms with Gasteiger partial charge in [0.2, 0.25) is 0 Å². The van der Waals surface area contributed by atoms with Gasteiger partial charge in [-0.3, -0.25) is 4.57 Å². The molecule has 0 saturated heterocycles. The molecule has 264 valence electrons. The van der Waals surface area contributed by atoms with E-state index < -0.39 is 0 Å². The lowest BCUT2D eigenvalue weighted by Gasteiger charge is -2.46. The first kappa shape index (κ1) is 32.6. The molecule has 10 rings (SSSR count). The lowest BCUT2D eigenvalue weighted by Crippen LogP contribution is -2.60. The zero-order valence-corrected chi connectivity index (χ0v) is 31.6. The van der Waals surface area contributed by atoms with Gasteiger partial charge in [0, 0.05) is 57.3 Å². The molecule has 5 aromatic carbocycles. The molecule has 2 aliphatic rings. The summed E-state index contributed by atoms with van der Waals surface area (Å²) in [5.41, 5.74) is 12.0. The number of fused-ring (bicyclic) bond motifs is 7. The summed E-state index contributed by atoms with van der Waals surface area (Å²) in [5, 5.41) is 2.34. The Morgan fingerprint density at radius 2 is 1.37 bits per heavy atom. The number of nitrogens with zero attached hydrogens (tertiary/aromatic N) is 5. The van der Waals surface area contributed by atoms with Gasteiger partial charge in [-0.1, -0.05) is 108 Å². The van der Waals surface area contributed by atoms with Gasteiger partial charge in [-0.15, -0.1) is 0 Å². The second kappa shape index (κ2) is 12.0. The predicted octanol–water partition coefficient (Wildman–Crippen LogP) is 11.1. The monoisotopic (exact) mass is 703 g/mol. The topological polar surface area (TPSA) is 48.1 Å². The van der Waals surface area contributed by atoms with Crippen LogP contribution in [0.25, 0.3) is 39.0 Å². The average Bonchev–Trinajstić information content (AvgIpc) is 3.78. The summed E-state index contributed by atoms with van der Waals surface area (Å²) in [6.07, 6.45) is 3.94. The van der Waals surface area contributed by atoms with E-state index in [2.05, 4.69) is 171 Å². The number of hydrogen-bond acceptors (Lipinski definition) is 4. The lowest BCUT2D eigenvalue weighted by atomic mass is 9.54. The molecule has 0 fully saturated rings. The molecule has 54 heavy (non-hydrogen) atoms. The molecule has 0 saturated carbocycles. The van der Waals surface area contributed by atoms with Crippen molar-refractivity contribution in [1.82, 2.24) is 19.0 Å². The van der Waals surface area contributed by atoms with Crippen LogP contribution in [0.5, 0.6) is 11.5 Å². The van der Waals surface area contributed by atoms with Crippen LogP contribution < -0.4 is 15.0 Å². The molecule has 2 aliphatic heterocycles. The van der Waals surface area contributed by atoms with Crippen LogP contribution in [0.3, 0.4) is 0 Å². The third-order valence-corrected chi connectivity index (χ3v) is 11.6. The zero-order chi connectivity index (χ0) is 36.9. The highest BCUT2D eigenvalue weighted by Crippen LogP contribution is 2.50. The molecule has 3 aromatic heterocycles. The van der Waals surface area contributed by atoms with Gasteiger partial charge < -0.3 is 14.0 Å². The van der Waals surface area contributed by atoms with Gasteiger partial charge in [-0.25, -0.2) is 9.97 Å². The molecular weight excluding hydrogens is 661 g/mol. The van der Waals surface area contributed by atoms with Crippen molar-refractivity contribution in [2.75, 3.05) is 4.81 Å². The molecule has 6 nitrogen and oxygen atoms in total. The van der Waals surface area contributed by atoms with Gasteiger partial charge in [-0.2, -0.15) is 0 Å².